The van der Waals surface area contributed by atoms with Crippen LogP contribution in [0.2, 0.25) is 0 Å². The summed E-state index contributed by atoms with van der Waals surface area (Å²) in [6.07, 6.45) is -0.990. The van der Waals surface area contributed by atoms with E-state index in [1.54, 1.807) is 12.1 Å². The summed E-state index contributed by atoms with van der Waals surface area (Å²) in [6, 6.07) is 9.09. The minimum Gasteiger partial charge on any atom is -0.374 e. The largest absolute Gasteiger partial charge is 0.374 e. The Morgan fingerprint density at radius 3 is 2.64 bits per heavy atom. The molecule has 11 heavy (non-hydrogen) atoms. The van der Waals surface area contributed by atoms with Crippen molar-refractivity contribution in [3.05, 3.63) is 35.4 Å². The van der Waals surface area contributed by atoms with Crippen LogP contribution < -0.4 is 0 Å². The first kappa shape index (κ1) is 7.77. The average molecular weight is 147 g/mol. The lowest BCUT2D eigenvalue weighted by Crippen LogP contribution is -1.95. The van der Waals surface area contributed by atoms with Crippen molar-refractivity contribution in [1.82, 2.24) is 0 Å². The van der Waals surface area contributed by atoms with Gasteiger partial charge in [0.25, 0.3) is 0 Å². The summed E-state index contributed by atoms with van der Waals surface area (Å²) in [5, 5.41) is 17.6. The van der Waals surface area contributed by atoms with Gasteiger partial charge < -0.3 is 5.11 Å². The molecule has 1 atom stereocenters. The molecule has 0 saturated heterocycles. The van der Waals surface area contributed by atoms with E-state index in [2.05, 4.69) is 0 Å². The second-order valence-electron chi connectivity index (χ2n) is 2.39. The first-order valence-electron chi connectivity index (χ1n) is 3.39. The van der Waals surface area contributed by atoms with E-state index >= 15 is 0 Å². The normalized spacial score (nSPS) is 12.1. The van der Waals surface area contributed by atoms with Crippen molar-refractivity contribution < 1.29 is 5.11 Å². The van der Waals surface area contributed by atoms with Gasteiger partial charge in [0.15, 0.2) is 6.10 Å². The van der Waals surface area contributed by atoms with Crippen LogP contribution in [0.15, 0.2) is 24.3 Å². The molecular formula is C9H9NO. The maximum absolute atomic E-state index is 9.15. The molecule has 2 heteroatoms. The van der Waals surface area contributed by atoms with Crippen molar-refractivity contribution in [3.63, 3.8) is 0 Å². The zero-order chi connectivity index (χ0) is 8.27. The highest BCUT2D eigenvalue weighted by Gasteiger charge is 2.06. The summed E-state index contributed by atoms with van der Waals surface area (Å²) in [4.78, 5) is 0. The molecule has 0 radical (unpaired) electrons. The number of hydrogen-bond acceptors (Lipinski definition) is 2. The topological polar surface area (TPSA) is 44.0 Å². The predicted octanol–water partition coefficient (Wildman–Crippen LogP) is 1.55. The Bertz CT molecular complexity index is 288. The fourth-order valence-corrected chi connectivity index (χ4v) is 0.963. The molecule has 0 aromatic heterocycles. The van der Waals surface area contributed by atoms with Gasteiger partial charge in [-0.1, -0.05) is 24.3 Å². The van der Waals surface area contributed by atoms with Gasteiger partial charge in [-0.25, -0.2) is 0 Å². The predicted molar refractivity (Wildman–Crippen MR) is 41.8 cm³/mol. The van der Waals surface area contributed by atoms with Gasteiger partial charge in [-0.3, -0.25) is 0 Å². The van der Waals surface area contributed by atoms with Crippen LogP contribution in [-0.2, 0) is 0 Å². The first-order chi connectivity index (χ1) is 5.25. The van der Waals surface area contributed by atoms with Crippen LogP contribution in [-0.4, -0.2) is 5.11 Å². The van der Waals surface area contributed by atoms with E-state index < -0.39 is 6.10 Å². The molecule has 0 bridgehead atoms. The molecule has 1 rings (SSSR count). The number of benzene rings is 1. The Labute approximate surface area is 65.7 Å². The minimum atomic E-state index is -0.990. The molecule has 0 aliphatic rings. The zero-order valence-corrected chi connectivity index (χ0v) is 6.28. The molecule has 56 valence electrons. The number of aliphatic hydroxyl groups is 1. The van der Waals surface area contributed by atoms with Gasteiger partial charge in [0.05, 0.1) is 6.07 Å². The number of aryl methyl sites for hydroxylation is 1. The van der Waals surface area contributed by atoms with Crippen LogP contribution in [0.1, 0.15) is 17.2 Å². The molecule has 1 aromatic carbocycles. The van der Waals surface area contributed by atoms with Crippen LogP contribution in [0.3, 0.4) is 0 Å². The van der Waals surface area contributed by atoms with Crippen molar-refractivity contribution in [2.24, 2.45) is 0 Å². The van der Waals surface area contributed by atoms with Crippen molar-refractivity contribution in [2.75, 3.05) is 0 Å². The fraction of sp³-hybridized carbons (Fsp3) is 0.222. The Kier molecular flexibility index (Phi) is 2.25. The Morgan fingerprint density at radius 2 is 2.09 bits per heavy atom. The van der Waals surface area contributed by atoms with Crippen molar-refractivity contribution in [2.45, 2.75) is 13.0 Å². The van der Waals surface area contributed by atoms with Crippen LogP contribution in [0.25, 0.3) is 0 Å². The standard InChI is InChI=1S/C9H9NO/c1-7-4-2-3-5-8(7)9(11)6-10/h2-5,9,11H,1H3/t9-/m1/s1. The number of hydrogen-bond donors (Lipinski definition) is 1. The third-order valence-electron chi connectivity index (χ3n) is 1.61. The smallest absolute Gasteiger partial charge is 0.166 e. The molecule has 0 fully saturated rings. The second kappa shape index (κ2) is 3.18. The van der Waals surface area contributed by atoms with Crippen LogP contribution in [0.5, 0.6) is 0 Å². The van der Waals surface area contributed by atoms with Gasteiger partial charge in [-0.05, 0) is 18.1 Å². The van der Waals surface area contributed by atoms with E-state index in [4.69, 9.17) is 10.4 Å². The number of nitrogens with zero attached hydrogens (tertiary/aromatic N) is 1. The average Bonchev–Trinajstić information content (AvgIpc) is 2.04. The summed E-state index contributed by atoms with van der Waals surface area (Å²) in [5.74, 6) is 0. The van der Waals surface area contributed by atoms with Gasteiger partial charge in [0.2, 0.25) is 0 Å². The van der Waals surface area contributed by atoms with E-state index in [0.717, 1.165) is 5.56 Å². The Morgan fingerprint density at radius 1 is 1.45 bits per heavy atom. The fourth-order valence-electron chi connectivity index (χ4n) is 0.963. The zero-order valence-electron chi connectivity index (χ0n) is 6.28. The quantitative estimate of drug-likeness (QED) is 0.612. The Balaban J connectivity index is 3.05. The molecule has 1 N–H and O–H groups in total. The summed E-state index contributed by atoms with van der Waals surface area (Å²) >= 11 is 0. The lowest BCUT2D eigenvalue weighted by Gasteiger charge is -2.04. The minimum absolute atomic E-state index is 0.690. The molecule has 0 saturated carbocycles. The van der Waals surface area contributed by atoms with E-state index in [-0.39, 0.29) is 0 Å². The number of aliphatic hydroxyl groups excluding tert-OH is 1. The monoisotopic (exact) mass is 147 g/mol. The molecule has 0 amide bonds. The molecule has 2 nitrogen and oxygen atoms in total. The number of nitriles is 1. The van der Waals surface area contributed by atoms with Gasteiger partial charge in [-0.2, -0.15) is 5.26 Å². The van der Waals surface area contributed by atoms with Crippen LogP contribution in [0, 0.1) is 18.3 Å². The maximum Gasteiger partial charge on any atom is 0.166 e. The highest BCUT2D eigenvalue weighted by Crippen LogP contribution is 2.15. The molecule has 0 spiro atoms. The molecule has 0 heterocycles. The van der Waals surface area contributed by atoms with E-state index in [0.29, 0.717) is 5.56 Å². The third kappa shape index (κ3) is 1.57. The lowest BCUT2D eigenvalue weighted by atomic mass is 10.1. The molecule has 1 aromatic rings. The molecule has 0 aliphatic heterocycles. The molecular weight excluding hydrogens is 138 g/mol. The van der Waals surface area contributed by atoms with E-state index in [1.807, 2.05) is 25.1 Å². The highest BCUT2D eigenvalue weighted by molar-refractivity contribution is 5.30. The third-order valence-corrected chi connectivity index (χ3v) is 1.61. The Hall–Kier alpha value is -1.33. The SMILES string of the molecule is Cc1ccccc1[C@H](O)C#N. The van der Waals surface area contributed by atoms with Crippen LogP contribution in [0.4, 0.5) is 0 Å². The molecule has 0 aliphatic carbocycles. The summed E-state index contributed by atoms with van der Waals surface area (Å²) in [6.45, 7) is 1.87. The summed E-state index contributed by atoms with van der Waals surface area (Å²) in [5.41, 5.74) is 1.64. The molecule has 0 unspecified atom stereocenters. The van der Waals surface area contributed by atoms with E-state index in [9.17, 15) is 0 Å². The van der Waals surface area contributed by atoms with Gasteiger partial charge in [-0.15, -0.1) is 0 Å². The van der Waals surface area contributed by atoms with Gasteiger partial charge >= 0.3 is 0 Å². The van der Waals surface area contributed by atoms with Crippen molar-refractivity contribution >= 4 is 0 Å². The highest BCUT2D eigenvalue weighted by atomic mass is 16.3. The first-order valence-corrected chi connectivity index (χ1v) is 3.39. The van der Waals surface area contributed by atoms with Gasteiger partial charge in [0, 0.05) is 0 Å². The van der Waals surface area contributed by atoms with Crippen molar-refractivity contribution in [1.29, 1.82) is 5.26 Å². The lowest BCUT2D eigenvalue weighted by molar-refractivity contribution is 0.235. The number of rotatable bonds is 1. The van der Waals surface area contributed by atoms with Crippen LogP contribution >= 0.6 is 0 Å². The summed E-state index contributed by atoms with van der Waals surface area (Å²) in [7, 11) is 0. The van der Waals surface area contributed by atoms with E-state index in [1.165, 1.54) is 0 Å². The van der Waals surface area contributed by atoms with Crippen molar-refractivity contribution in [3.8, 4) is 6.07 Å². The van der Waals surface area contributed by atoms with Gasteiger partial charge in [0.1, 0.15) is 0 Å². The summed E-state index contributed by atoms with van der Waals surface area (Å²) < 4.78 is 0. The maximum atomic E-state index is 9.15. The second-order valence-corrected chi connectivity index (χ2v) is 2.39.